The van der Waals surface area contributed by atoms with E-state index in [0.29, 0.717) is 11.8 Å². The second kappa shape index (κ2) is 7.88. The van der Waals surface area contributed by atoms with Gasteiger partial charge in [-0.2, -0.15) is 0 Å². The van der Waals surface area contributed by atoms with E-state index >= 15 is 0 Å². The maximum Gasteiger partial charge on any atom is 0.237 e. The fraction of sp³-hybridized carbons (Fsp3) is 0.474. The van der Waals surface area contributed by atoms with Crippen LogP contribution in [0, 0.1) is 0 Å². The first-order chi connectivity index (χ1) is 11.6. The molecule has 4 nitrogen and oxygen atoms in total. The molecule has 0 atom stereocenters. The van der Waals surface area contributed by atoms with Crippen molar-refractivity contribution in [2.24, 2.45) is 0 Å². The number of nitrogens with zero attached hydrogens (tertiary/aromatic N) is 1. The number of amides is 2. The zero-order valence-electron chi connectivity index (χ0n) is 14.1. The summed E-state index contributed by atoms with van der Waals surface area (Å²) in [6.45, 7) is 1.49. The SMILES string of the molecule is CC(=O)Nc1ccc(SCC(=O)N(C2=CCCCC2)C2CC2)cc1. The minimum absolute atomic E-state index is 0.0774. The molecule has 1 aromatic rings. The number of hydrogen-bond donors (Lipinski definition) is 1. The third kappa shape index (κ3) is 4.63. The Balaban J connectivity index is 1.57. The lowest BCUT2D eigenvalue weighted by Gasteiger charge is -2.27. The predicted octanol–water partition coefficient (Wildman–Crippen LogP) is 4.19. The van der Waals surface area contributed by atoms with E-state index in [-0.39, 0.29) is 11.8 Å². The molecule has 0 radical (unpaired) electrons. The molecule has 3 rings (SSSR count). The van der Waals surface area contributed by atoms with Gasteiger partial charge in [-0.25, -0.2) is 0 Å². The quantitative estimate of drug-likeness (QED) is 0.787. The average molecular weight is 344 g/mol. The maximum atomic E-state index is 12.7. The lowest BCUT2D eigenvalue weighted by molar-refractivity contribution is -0.127. The Morgan fingerprint density at radius 2 is 1.96 bits per heavy atom. The van der Waals surface area contributed by atoms with Gasteiger partial charge in [-0.1, -0.05) is 6.08 Å². The fourth-order valence-electron chi connectivity index (χ4n) is 3.02. The molecule has 0 heterocycles. The van der Waals surface area contributed by atoms with E-state index < -0.39 is 0 Å². The van der Waals surface area contributed by atoms with Gasteiger partial charge in [0.1, 0.15) is 0 Å². The van der Waals surface area contributed by atoms with Gasteiger partial charge in [0.15, 0.2) is 0 Å². The van der Waals surface area contributed by atoms with Gasteiger partial charge in [-0.05, 0) is 62.8 Å². The Labute approximate surface area is 147 Å². The Kier molecular flexibility index (Phi) is 5.61. The highest BCUT2D eigenvalue weighted by Crippen LogP contribution is 2.34. The summed E-state index contributed by atoms with van der Waals surface area (Å²) in [6.07, 6.45) is 9.11. The molecule has 1 saturated carbocycles. The van der Waals surface area contributed by atoms with Crippen LogP contribution in [0.4, 0.5) is 5.69 Å². The Hall–Kier alpha value is -1.75. The summed E-state index contributed by atoms with van der Waals surface area (Å²) in [5.74, 6) is 0.612. The van der Waals surface area contributed by atoms with Gasteiger partial charge in [-0.15, -0.1) is 11.8 Å². The van der Waals surface area contributed by atoms with Crippen LogP contribution in [-0.2, 0) is 9.59 Å². The van der Waals surface area contributed by atoms with Crippen molar-refractivity contribution in [3.63, 3.8) is 0 Å². The first kappa shape index (κ1) is 17.1. The van der Waals surface area contributed by atoms with E-state index in [1.54, 1.807) is 11.8 Å². The zero-order chi connectivity index (χ0) is 16.9. The molecule has 0 spiro atoms. The molecule has 1 fully saturated rings. The molecular formula is C19H24N2O2S. The van der Waals surface area contributed by atoms with Crippen molar-refractivity contribution in [2.45, 2.75) is 56.4 Å². The summed E-state index contributed by atoms with van der Waals surface area (Å²) in [4.78, 5) is 26.9. The van der Waals surface area contributed by atoms with E-state index in [1.165, 1.54) is 25.5 Å². The van der Waals surface area contributed by atoms with Crippen molar-refractivity contribution in [1.29, 1.82) is 0 Å². The summed E-state index contributed by atoms with van der Waals surface area (Å²) in [7, 11) is 0. The van der Waals surface area contributed by atoms with Gasteiger partial charge < -0.3 is 10.2 Å². The number of allylic oxidation sites excluding steroid dienone is 2. The third-order valence-corrected chi connectivity index (χ3v) is 5.29. The first-order valence-electron chi connectivity index (χ1n) is 8.65. The molecule has 0 aromatic heterocycles. The maximum absolute atomic E-state index is 12.7. The van der Waals surface area contributed by atoms with Crippen LogP contribution in [0.5, 0.6) is 0 Å². The molecule has 1 N–H and O–H groups in total. The van der Waals surface area contributed by atoms with Gasteiger partial charge >= 0.3 is 0 Å². The van der Waals surface area contributed by atoms with Crippen molar-refractivity contribution in [2.75, 3.05) is 11.1 Å². The van der Waals surface area contributed by atoms with Gasteiger partial charge in [-0.3, -0.25) is 9.59 Å². The molecule has 2 amide bonds. The highest BCUT2D eigenvalue weighted by molar-refractivity contribution is 8.00. The van der Waals surface area contributed by atoms with Crippen LogP contribution in [0.25, 0.3) is 0 Å². The second-order valence-corrected chi connectivity index (χ2v) is 7.48. The molecular weight excluding hydrogens is 320 g/mol. The number of benzene rings is 1. The number of carbonyl (C=O) groups is 2. The number of carbonyl (C=O) groups excluding carboxylic acids is 2. The molecule has 0 bridgehead atoms. The molecule has 0 saturated heterocycles. The Morgan fingerprint density at radius 3 is 2.54 bits per heavy atom. The van der Waals surface area contributed by atoms with Crippen molar-refractivity contribution in [3.8, 4) is 0 Å². The number of nitrogens with one attached hydrogen (secondary N) is 1. The minimum atomic E-state index is -0.0774. The van der Waals surface area contributed by atoms with Gasteiger partial charge in [0.2, 0.25) is 11.8 Å². The zero-order valence-corrected chi connectivity index (χ0v) is 14.9. The second-order valence-electron chi connectivity index (χ2n) is 6.43. The van der Waals surface area contributed by atoms with Crippen LogP contribution in [-0.4, -0.2) is 28.5 Å². The summed E-state index contributed by atoms with van der Waals surface area (Å²) in [6, 6.07) is 8.08. The van der Waals surface area contributed by atoms with Crippen LogP contribution in [0.15, 0.2) is 40.9 Å². The molecule has 1 aromatic carbocycles. The standard InChI is InChI=1S/C19H24N2O2S/c1-14(22)20-15-7-11-18(12-8-15)24-13-19(23)21(17-9-10-17)16-5-3-2-4-6-16/h5,7-8,11-12,17H,2-4,6,9-10,13H2,1H3,(H,20,22). The number of anilines is 1. The molecule has 2 aliphatic carbocycles. The Morgan fingerprint density at radius 1 is 1.21 bits per heavy atom. The molecule has 0 unspecified atom stereocenters. The molecule has 2 aliphatic rings. The molecule has 5 heteroatoms. The summed E-state index contributed by atoms with van der Waals surface area (Å²) >= 11 is 1.56. The lowest BCUT2D eigenvalue weighted by Crippen LogP contribution is -2.34. The van der Waals surface area contributed by atoms with E-state index in [9.17, 15) is 9.59 Å². The monoisotopic (exact) mass is 344 g/mol. The predicted molar refractivity (Wildman–Crippen MR) is 97.9 cm³/mol. The van der Waals surface area contributed by atoms with Crippen LogP contribution >= 0.6 is 11.8 Å². The fourth-order valence-corrected chi connectivity index (χ4v) is 3.78. The van der Waals surface area contributed by atoms with Crippen LogP contribution < -0.4 is 5.32 Å². The number of hydrogen-bond acceptors (Lipinski definition) is 3. The molecule has 0 aliphatic heterocycles. The third-order valence-electron chi connectivity index (χ3n) is 4.29. The van der Waals surface area contributed by atoms with Crippen LogP contribution in [0.2, 0.25) is 0 Å². The summed E-state index contributed by atoms with van der Waals surface area (Å²) in [5.41, 5.74) is 2.03. The topological polar surface area (TPSA) is 49.4 Å². The minimum Gasteiger partial charge on any atom is -0.326 e. The largest absolute Gasteiger partial charge is 0.326 e. The highest BCUT2D eigenvalue weighted by Gasteiger charge is 2.34. The van der Waals surface area contributed by atoms with Crippen molar-refractivity contribution < 1.29 is 9.59 Å². The van der Waals surface area contributed by atoms with Crippen molar-refractivity contribution in [1.82, 2.24) is 4.90 Å². The van der Waals surface area contributed by atoms with Gasteiger partial charge in [0.05, 0.1) is 5.75 Å². The average Bonchev–Trinajstić information content (AvgIpc) is 3.40. The van der Waals surface area contributed by atoms with Crippen LogP contribution in [0.1, 0.15) is 45.4 Å². The smallest absolute Gasteiger partial charge is 0.237 e. The van der Waals surface area contributed by atoms with Crippen LogP contribution in [0.3, 0.4) is 0 Å². The van der Waals surface area contributed by atoms with Gasteiger partial charge in [0, 0.05) is 29.2 Å². The van der Waals surface area contributed by atoms with Gasteiger partial charge in [0.25, 0.3) is 0 Å². The summed E-state index contributed by atoms with van der Waals surface area (Å²) in [5, 5.41) is 2.75. The number of rotatable bonds is 6. The van der Waals surface area contributed by atoms with E-state index in [1.807, 2.05) is 24.3 Å². The van der Waals surface area contributed by atoms with Crippen molar-refractivity contribution in [3.05, 3.63) is 36.0 Å². The molecule has 24 heavy (non-hydrogen) atoms. The molecule has 128 valence electrons. The van der Waals surface area contributed by atoms with E-state index in [0.717, 1.165) is 36.3 Å². The first-order valence-corrected chi connectivity index (χ1v) is 9.63. The number of thioether (sulfide) groups is 1. The normalized spacial score (nSPS) is 17.1. The van der Waals surface area contributed by atoms with Crippen molar-refractivity contribution >= 4 is 29.3 Å². The van der Waals surface area contributed by atoms with E-state index in [4.69, 9.17) is 0 Å². The lowest BCUT2D eigenvalue weighted by atomic mass is 10.0. The highest BCUT2D eigenvalue weighted by atomic mass is 32.2. The van der Waals surface area contributed by atoms with E-state index in [2.05, 4.69) is 16.3 Å². The summed E-state index contributed by atoms with van der Waals surface area (Å²) < 4.78 is 0. The Bertz CT molecular complexity index is 635.